The second-order valence-electron chi connectivity index (χ2n) is 4.03. The van der Waals surface area contributed by atoms with Crippen LogP contribution in [0, 0.1) is 0 Å². The van der Waals surface area contributed by atoms with Crippen LogP contribution in [0.15, 0.2) is 18.2 Å². The maximum Gasteiger partial charge on any atom is 0.171 e. The third-order valence-electron chi connectivity index (χ3n) is 2.55. The summed E-state index contributed by atoms with van der Waals surface area (Å²) in [6.07, 6.45) is 1.61. The molecule has 0 radical (unpaired) electrons. The summed E-state index contributed by atoms with van der Waals surface area (Å²) >= 11 is 0. The second kappa shape index (κ2) is 10.2. The lowest BCUT2D eigenvalue weighted by Crippen LogP contribution is -2.10. The van der Waals surface area contributed by atoms with E-state index in [9.17, 15) is 4.79 Å². The van der Waals surface area contributed by atoms with Gasteiger partial charge in [0.15, 0.2) is 17.8 Å². The molecular formula is C15H22O5. The number of carbonyl (C=O) groups excluding carboxylic acids is 1. The van der Waals surface area contributed by atoms with Gasteiger partial charge in [0, 0.05) is 20.3 Å². The molecule has 0 unspecified atom stereocenters. The standard InChI is InChI=1S/C15H22O5/c1-3-19-14-7-4-6-13(12-16)15(14)20-11-10-18-9-5-8-17-2/h4,6-7,12H,3,5,8-11H2,1-2H3. The monoisotopic (exact) mass is 282 g/mol. The molecule has 1 rings (SSSR count). The van der Waals surface area contributed by atoms with Crippen LogP contribution in [0.2, 0.25) is 0 Å². The molecule has 1 aromatic rings. The first-order chi connectivity index (χ1) is 9.83. The van der Waals surface area contributed by atoms with Gasteiger partial charge in [-0.3, -0.25) is 4.79 Å². The zero-order valence-corrected chi connectivity index (χ0v) is 12.1. The summed E-state index contributed by atoms with van der Waals surface area (Å²) in [6, 6.07) is 5.25. The van der Waals surface area contributed by atoms with E-state index in [4.69, 9.17) is 18.9 Å². The quantitative estimate of drug-likeness (QED) is 0.460. The van der Waals surface area contributed by atoms with Crippen LogP contribution < -0.4 is 9.47 Å². The van der Waals surface area contributed by atoms with Crippen molar-refractivity contribution < 1.29 is 23.7 Å². The molecule has 20 heavy (non-hydrogen) atoms. The molecule has 0 bridgehead atoms. The van der Waals surface area contributed by atoms with E-state index in [1.165, 1.54) is 0 Å². The Balaban J connectivity index is 2.43. The largest absolute Gasteiger partial charge is 0.490 e. The van der Waals surface area contributed by atoms with E-state index in [1.807, 2.05) is 6.92 Å². The summed E-state index contributed by atoms with van der Waals surface area (Å²) < 4.78 is 21.4. The molecule has 0 amide bonds. The number of para-hydroxylation sites is 1. The minimum absolute atomic E-state index is 0.373. The van der Waals surface area contributed by atoms with Crippen molar-refractivity contribution in [1.82, 2.24) is 0 Å². The molecule has 0 heterocycles. The lowest BCUT2D eigenvalue weighted by atomic mass is 10.2. The Bertz CT molecular complexity index is 392. The molecule has 5 nitrogen and oxygen atoms in total. The highest BCUT2D eigenvalue weighted by Crippen LogP contribution is 2.30. The van der Waals surface area contributed by atoms with Crippen LogP contribution in [0.4, 0.5) is 0 Å². The Morgan fingerprint density at radius 3 is 2.65 bits per heavy atom. The van der Waals surface area contributed by atoms with Crippen LogP contribution in [0.25, 0.3) is 0 Å². The molecule has 0 aliphatic heterocycles. The van der Waals surface area contributed by atoms with Crippen molar-refractivity contribution in [3.63, 3.8) is 0 Å². The molecule has 5 heteroatoms. The molecule has 0 saturated carbocycles. The zero-order chi connectivity index (χ0) is 14.6. The lowest BCUT2D eigenvalue weighted by Gasteiger charge is -2.13. The fourth-order valence-electron chi connectivity index (χ4n) is 1.66. The average molecular weight is 282 g/mol. The Kier molecular flexibility index (Phi) is 8.42. The highest BCUT2D eigenvalue weighted by molar-refractivity contribution is 5.81. The maximum atomic E-state index is 11.0. The van der Waals surface area contributed by atoms with Gasteiger partial charge in [0.2, 0.25) is 0 Å². The van der Waals surface area contributed by atoms with Gasteiger partial charge >= 0.3 is 0 Å². The summed E-state index contributed by atoms with van der Waals surface area (Å²) in [4.78, 5) is 11.0. The minimum atomic E-state index is 0.373. The third-order valence-corrected chi connectivity index (χ3v) is 2.55. The number of carbonyl (C=O) groups is 1. The smallest absolute Gasteiger partial charge is 0.171 e. The van der Waals surface area contributed by atoms with Crippen molar-refractivity contribution in [2.24, 2.45) is 0 Å². The van der Waals surface area contributed by atoms with E-state index in [0.717, 1.165) is 12.7 Å². The number of hydrogen-bond acceptors (Lipinski definition) is 5. The van der Waals surface area contributed by atoms with Gasteiger partial charge in [-0.25, -0.2) is 0 Å². The van der Waals surface area contributed by atoms with E-state index in [2.05, 4.69) is 0 Å². The predicted molar refractivity (Wildman–Crippen MR) is 75.8 cm³/mol. The lowest BCUT2D eigenvalue weighted by molar-refractivity contribution is 0.0793. The van der Waals surface area contributed by atoms with Crippen molar-refractivity contribution in [3.8, 4) is 11.5 Å². The fourth-order valence-corrected chi connectivity index (χ4v) is 1.66. The van der Waals surface area contributed by atoms with Crippen molar-refractivity contribution in [1.29, 1.82) is 0 Å². The number of benzene rings is 1. The zero-order valence-electron chi connectivity index (χ0n) is 12.1. The molecule has 0 aliphatic carbocycles. The van der Waals surface area contributed by atoms with E-state index in [-0.39, 0.29) is 0 Å². The molecule has 1 aromatic carbocycles. The molecule has 0 aromatic heterocycles. The van der Waals surface area contributed by atoms with Crippen molar-refractivity contribution >= 4 is 6.29 Å². The summed E-state index contributed by atoms with van der Waals surface area (Å²) in [5.74, 6) is 1.06. The molecule has 0 fully saturated rings. The molecule has 0 aliphatic rings. The van der Waals surface area contributed by atoms with Crippen molar-refractivity contribution in [2.45, 2.75) is 13.3 Å². The Hall–Kier alpha value is -1.59. The molecular weight excluding hydrogens is 260 g/mol. The Morgan fingerprint density at radius 1 is 1.10 bits per heavy atom. The van der Waals surface area contributed by atoms with Gasteiger partial charge < -0.3 is 18.9 Å². The van der Waals surface area contributed by atoms with Crippen LogP contribution in [0.5, 0.6) is 11.5 Å². The molecule has 0 spiro atoms. The SMILES string of the molecule is CCOc1cccc(C=O)c1OCCOCCCOC. The first kappa shape index (κ1) is 16.5. The van der Waals surface area contributed by atoms with Gasteiger partial charge in [0.1, 0.15) is 6.61 Å². The second-order valence-corrected chi connectivity index (χ2v) is 4.03. The molecule has 0 atom stereocenters. The highest BCUT2D eigenvalue weighted by Gasteiger charge is 2.10. The summed E-state index contributed by atoms with van der Waals surface area (Å²) in [7, 11) is 1.66. The van der Waals surface area contributed by atoms with Gasteiger partial charge in [-0.15, -0.1) is 0 Å². The predicted octanol–water partition coefficient (Wildman–Crippen LogP) is 2.33. The van der Waals surface area contributed by atoms with Crippen molar-refractivity contribution in [3.05, 3.63) is 23.8 Å². The van der Waals surface area contributed by atoms with Crippen LogP contribution in [-0.2, 0) is 9.47 Å². The van der Waals surface area contributed by atoms with Crippen LogP contribution >= 0.6 is 0 Å². The highest BCUT2D eigenvalue weighted by atomic mass is 16.5. The van der Waals surface area contributed by atoms with E-state index in [0.29, 0.717) is 50.1 Å². The van der Waals surface area contributed by atoms with Crippen LogP contribution in [0.1, 0.15) is 23.7 Å². The summed E-state index contributed by atoms with van der Waals surface area (Å²) in [5, 5.41) is 0. The van der Waals surface area contributed by atoms with Crippen molar-refractivity contribution in [2.75, 3.05) is 40.1 Å². The summed E-state index contributed by atoms with van der Waals surface area (Å²) in [6.45, 7) is 4.55. The Labute approximate surface area is 119 Å². The van der Waals surface area contributed by atoms with E-state index in [1.54, 1.807) is 25.3 Å². The fraction of sp³-hybridized carbons (Fsp3) is 0.533. The average Bonchev–Trinajstić information content (AvgIpc) is 2.47. The number of rotatable bonds is 11. The van der Waals surface area contributed by atoms with Gasteiger partial charge in [0.25, 0.3) is 0 Å². The maximum absolute atomic E-state index is 11.0. The third kappa shape index (κ3) is 5.59. The number of methoxy groups -OCH3 is 1. The van der Waals surface area contributed by atoms with Gasteiger partial charge in [0.05, 0.1) is 18.8 Å². The minimum Gasteiger partial charge on any atom is -0.490 e. The van der Waals surface area contributed by atoms with E-state index >= 15 is 0 Å². The first-order valence-corrected chi connectivity index (χ1v) is 6.74. The number of aldehydes is 1. The van der Waals surface area contributed by atoms with E-state index < -0.39 is 0 Å². The normalized spacial score (nSPS) is 10.3. The van der Waals surface area contributed by atoms with Crippen LogP contribution in [-0.4, -0.2) is 46.4 Å². The van der Waals surface area contributed by atoms with Gasteiger partial charge in [-0.05, 0) is 25.5 Å². The summed E-state index contributed by atoms with van der Waals surface area (Å²) in [5.41, 5.74) is 0.482. The van der Waals surface area contributed by atoms with Crippen LogP contribution in [0.3, 0.4) is 0 Å². The first-order valence-electron chi connectivity index (χ1n) is 6.74. The van der Waals surface area contributed by atoms with Gasteiger partial charge in [-0.2, -0.15) is 0 Å². The Morgan fingerprint density at radius 2 is 1.95 bits per heavy atom. The molecule has 0 saturated heterocycles. The topological polar surface area (TPSA) is 54.0 Å². The molecule has 0 N–H and O–H groups in total. The van der Waals surface area contributed by atoms with Gasteiger partial charge in [-0.1, -0.05) is 6.07 Å². The molecule has 112 valence electrons. The number of hydrogen-bond donors (Lipinski definition) is 0. The number of ether oxygens (including phenoxy) is 4.